The van der Waals surface area contributed by atoms with Crippen LogP contribution in [0.2, 0.25) is 0 Å². The van der Waals surface area contributed by atoms with E-state index in [-0.39, 0.29) is 5.91 Å². The molecule has 0 aliphatic carbocycles. The van der Waals surface area contributed by atoms with Crippen molar-refractivity contribution in [3.8, 4) is 0 Å². The zero-order chi connectivity index (χ0) is 15.4. The molecular formula is C15H20N4OS2. The average Bonchev–Trinajstić information content (AvgIpc) is 3.17. The lowest BCUT2D eigenvalue weighted by molar-refractivity contribution is -0.122. The quantitative estimate of drug-likeness (QED) is 0.907. The molecule has 2 aromatic rings. The Bertz CT molecular complexity index is 603. The van der Waals surface area contributed by atoms with Gasteiger partial charge in [0, 0.05) is 36.4 Å². The average molecular weight is 336 g/mol. The lowest BCUT2D eigenvalue weighted by Gasteiger charge is -2.34. The molecule has 0 radical (unpaired) electrons. The molecule has 0 aromatic carbocycles. The molecular weight excluding hydrogens is 316 g/mol. The normalized spacial score (nSPS) is 16.0. The van der Waals surface area contributed by atoms with Gasteiger partial charge in [0.05, 0.1) is 18.8 Å². The number of piperazine rings is 1. The number of thiazole rings is 1. The van der Waals surface area contributed by atoms with E-state index in [2.05, 4.69) is 25.5 Å². The number of amides is 1. The van der Waals surface area contributed by atoms with Gasteiger partial charge in [0.1, 0.15) is 0 Å². The third-order valence-electron chi connectivity index (χ3n) is 3.66. The Balaban J connectivity index is 1.40. The second-order valence-corrected chi connectivity index (χ2v) is 7.26. The number of nitrogens with one attached hydrogen (secondary N) is 1. The first-order valence-corrected chi connectivity index (χ1v) is 9.15. The molecule has 3 rings (SSSR count). The lowest BCUT2D eigenvalue weighted by atomic mass is 10.3. The molecule has 0 unspecified atom stereocenters. The van der Waals surface area contributed by atoms with Crippen molar-refractivity contribution in [1.29, 1.82) is 0 Å². The summed E-state index contributed by atoms with van der Waals surface area (Å²) in [4.78, 5) is 22.2. The van der Waals surface area contributed by atoms with Gasteiger partial charge in [0.25, 0.3) is 0 Å². The summed E-state index contributed by atoms with van der Waals surface area (Å²) in [6.07, 6.45) is 0. The van der Waals surface area contributed by atoms with Crippen molar-refractivity contribution in [2.45, 2.75) is 13.5 Å². The molecule has 5 nitrogen and oxygen atoms in total. The summed E-state index contributed by atoms with van der Waals surface area (Å²) in [5, 5.41) is 8.19. The third kappa shape index (κ3) is 4.06. The summed E-state index contributed by atoms with van der Waals surface area (Å²) >= 11 is 3.37. The van der Waals surface area contributed by atoms with Crippen LogP contribution < -0.4 is 10.2 Å². The predicted octanol–water partition coefficient (Wildman–Crippen LogP) is 1.95. The van der Waals surface area contributed by atoms with Crippen LogP contribution in [0.1, 0.15) is 10.6 Å². The van der Waals surface area contributed by atoms with E-state index in [1.807, 2.05) is 24.4 Å². The monoisotopic (exact) mass is 336 g/mol. The minimum absolute atomic E-state index is 0.104. The van der Waals surface area contributed by atoms with Crippen LogP contribution in [-0.2, 0) is 11.3 Å². The molecule has 1 saturated heterocycles. The first-order chi connectivity index (χ1) is 10.7. The fourth-order valence-electron chi connectivity index (χ4n) is 2.44. The first-order valence-electron chi connectivity index (χ1n) is 7.39. The summed E-state index contributed by atoms with van der Waals surface area (Å²) in [5.74, 6) is 0.104. The maximum atomic E-state index is 12.0. The first kappa shape index (κ1) is 15.5. The number of aromatic nitrogens is 1. The van der Waals surface area contributed by atoms with Crippen molar-refractivity contribution < 1.29 is 4.79 Å². The van der Waals surface area contributed by atoms with Crippen molar-refractivity contribution in [3.63, 3.8) is 0 Å². The van der Waals surface area contributed by atoms with Crippen LogP contribution in [0.3, 0.4) is 0 Å². The van der Waals surface area contributed by atoms with E-state index in [0.717, 1.165) is 37.0 Å². The number of nitrogens with zero attached hydrogens (tertiary/aromatic N) is 3. The van der Waals surface area contributed by atoms with Gasteiger partial charge in [-0.25, -0.2) is 4.98 Å². The smallest absolute Gasteiger partial charge is 0.234 e. The number of aryl methyl sites for hydroxylation is 1. The highest BCUT2D eigenvalue weighted by Gasteiger charge is 2.20. The molecule has 0 atom stereocenters. The van der Waals surface area contributed by atoms with E-state index in [0.29, 0.717) is 13.1 Å². The van der Waals surface area contributed by atoms with Crippen LogP contribution in [-0.4, -0.2) is 48.5 Å². The summed E-state index contributed by atoms with van der Waals surface area (Å²) in [7, 11) is 0. The van der Waals surface area contributed by atoms with E-state index >= 15 is 0 Å². The summed E-state index contributed by atoms with van der Waals surface area (Å²) in [6, 6.07) is 4.05. The molecule has 0 bridgehead atoms. The predicted molar refractivity (Wildman–Crippen MR) is 91.7 cm³/mol. The topological polar surface area (TPSA) is 48.5 Å². The van der Waals surface area contributed by atoms with Crippen molar-refractivity contribution in [2.75, 3.05) is 37.6 Å². The second-order valence-electron chi connectivity index (χ2n) is 5.39. The van der Waals surface area contributed by atoms with Crippen molar-refractivity contribution in [3.05, 3.63) is 33.5 Å². The minimum Gasteiger partial charge on any atom is -0.350 e. The van der Waals surface area contributed by atoms with Crippen LogP contribution in [0, 0.1) is 6.92 Å². The van der Waals surface area contributed by atoms with Gasteiger partial charge in [-0.15, -0.1) is 22.7 Å². The van der Waals surface area contributed by atoms with Gasteiger partial charge in [-0.3, -0.25) is 9.69 Å². The molecule has 22 heavy (non-hydrogen) atoms. The molecule has 1 aliphatic heterocycles. The highest BCUT2D eigenvalue weighted by molar-refractivity contribution is 7.13. The molecule has 7 heteroatoms. The zero-order valence-electron chi connectivity index (χ0n) is 12.6. The molecule has 3 heterocycles. The van der Waals surface area contributed by atoms with Gasteiger partial charge in [-0.1, -0.05) is 6.07 Å². The van der Waals surface area contributed by atoms with Crippen LogP contribution in [0.4, 0.5) is 5.13 Å². The largest absolute Gasteiger partial charge is 0.350 e. The molecule has 118 valence electrons. The van der Waals surface area contributed by atoms with Crippen molar-refractivity contribution >= 4 is 33.7 Å². The highest BCUT2D eigenvalue weighted by Crippen LogP contribution is 2.21. The van der Waals surface area contributed by atoms with E-state index in [1.165, 1.54) is 4.88 Å². The van der Waals surface area contributed by atoms with Crippen molar-refractivity contribution in [2.24, 2.45) is 0 Å². The Morgan fingerprint density at radius 1 is 1.32 bits per heavy atom. The summed E-state index contributed by atoms with van der Waals surface area (Å²) in [5.41, 5.74) is 1.08. The Kier molecular flexibility index (Phi) is 5.07. The van der Waals surface area contributed by atoms with Crippen LogP contribution in [0.5, 0.6) is 0 Å². The van der Waals surface area contributed by atoms with Crippen LogP contribution in [0.25, 0.3) is 0 Å². The van der Waals surface area contributed by atoms with Crippen molar-refractivity contribution in [1.82, 2.24) is 15.2 Å². The van der Waals surface area contributed by atoms with E-state index in [9.17, 15) is 4.79 Å². The number of thiophene rings is 1. The van der Waals surface area contributed by atoms with Gasteiger partial charge >= 0.3 is 0 Å². The number of hydrogen-bond acceptors (Lipinski definition) is 6. The maximum absolute atomic E-state index is 12.0. The summed E-state index contributed by atoms with van der Waals surface area (Å²) < 4.78 is 0. The molecule has 2 aromatic heterocycles. The zero-order valence-corrected chi connectivity index (χ0v) is 14.3. The third-order valence-corrected chi connectivity index (χ3v) is 5.55. The molecule has 1 amide bonds. The van der Waals surface area contributed by atoms with Gasteiger partial charge in [-0.2, -0.15) is 0 Å². The highest BCUT2D eigenvalue weighted by atomic mass is 32.1. The Labute approximate surface area is 138 Å². The molecule has 0 saturated carbocycles. The number of carbonyl (C=O) groups is 1. The molecule has 0 spiro atoms. The van der Waals surface area contributed by atoms with Gasteiger partial charge < -0.3 is 10.2 Å². The Morgan fingerprint density at radius 3 is 2.77 bits per heavy atom. The van der Waals surface area contributed by atoms with Gasteiger partial charge in [0.2, 0.25) is 5.91 Å². The molecule has 1 aliphatic rings. The second kappa shape index (κ2) is 7.21. The number of hydrogen-bond donors (Lipinski definition) is 1. The van der Waals surface area contributed by atoms with E-state index < -0.39 is 0 Å². The van der Waals surface area contributed by atoms with Gasteiger partial charge in [0.15, 0.2) is 5.13 Å². The summed E-state index contributed by atoms with van der Waals surface area (Å²) in [6.45, 7) is 6.82. The fourth-order valence-corrected chi connectivity index (χ4v) is 3.94. The van der Waals surface area contributed by atoms with Crippen LogP contribution in [0.15, 0.2) is 22.9 Å². The lowest BCUT2D eigenvalue weighted by Crippen LogP contribution is -2.49. The Hall–Kier alpha value is -1.44. The van der Waals surface area contributed by atoms with E-state index in [4.69, 9.17) is 0 Å². The van der Waals surface area contributed by atoms with Gasteiger partial charge in [-0.05, 0) is 18.4 Å². The minimum atomic E-state index is 0.104. The Morgan fingerprint density at radius 2 is 2.14 bits per heavy atom. The number of rotatable bonds is 5. The standard InChI is InChI=1S/C15H20N4OS2/c1-12-11-22-15(17-12)19-6-4-18(5-7-19)10-14(20)16-9-13-3-2-8-21-13/h2-3,8,11H,4-7,9-10H2,1H3,(H,16,20). The maximum Gasteiger partial charge on any atom is 0.234 e. The molecule has 1 N–H and O–H groups in total. The fraction of sp³-hybridized carbons (Fsp3) is 0.467. The number of anilines is 1. The molecule has 1 fully saturated rings. The SMILES string of the molecule is Cc1csc(N2CCN(CC(=O)NCc3cccs3)CC2)n1. The van der Waals surface area contributed by atoms with Crippen LogP contribution >= 0.6 is 22.7 Å². The van der Waals surface area contributed by atoms with E-state index in [1.54, 1.807) is 22.7 Å². The number of carbonyl (C=O) groups excluding carboxylic acids is 1.